The highest BCUT2D eigenvalue weighted by Crippen LogP contribution is 2.13. The van der Waals surface area contributed by atoms with Crippen molar-refractivity contribution >= 4 is 23.4 Å². The number of rotatable bonds is 7. The number of aryl methyl sites for hydroxylation is 1. The van der Waals surface area contributed by atoms with Crippen molar-refractivity contribution in [3.8, 4) is 0 Å². The second kappa shape index (κ2) is 7.84. The Labute approximate surface area is 131 Å². The molecule has 0 amide bonds. The van der Waals surface area contributed by atoms with Crippen LogP contribution < -0.4 is 10.6 Å². The lowest BCUT2D eigenvalue weighted by Crippen LogP contribution is -2.08. The van der Waals surface area contributed by atoms with Crippen molar-refractivity contribution < 1.29 is 0 Å². The van der Waals surface area contributed by atoms with Crippen molar-refractivity contribution in [1.82, 2.24) is 9.97 Å². The Morgan fingerprint density at radius 3 is 2.57 bits per heavy atom. The smallest absolute Gasteiger partial charge is 0.225 e. The van der Waals surface area contributed by atoms with Gasteiger partial charge >= 0.3 is 0 Å². The molecule has 2 rings (SSSR count). The van der Waals surface area contributed by atoms with E-state index in [2.05, 4.69) is 27.5 Å². The van der Waals surface area contributed by atoms with Gasteiger partial charge in [0.2, 0.25) is 5.95 Å². The van der Waals surface area contributed by atoms with E-state index in [0.29, 0.717) is 12.5 Å². The Bertz CT molecular complexity index is 569. The summed E-state index contributed by atoms with van der Waals surface area (Å²) in [4.78, 5) is 8.89. The van der Waals surface area contributed by atoms with Gasteiger partial charge < -0.3 is 10.6 Å². The Balaban J connectivity index is 1.97. The minimum Gasteiger partial charge on any atom is -0.370 e. The van der Waals surface area contributed by atoms with E-state index in [1.807, 2.05) is 37.3 Å². The molecule has 0 saturated carbocycles. The Kier molecular flexibility index (Phi) is 5.81. The highest BCUT2D eigenvalue weighted by Gasteiger charge is 2.02. The third kappa shape index (κ3) is 5.23. The fraction of sp³-hybridized carbons (Fsp3) is 0.375. The molecule has 0 aliphatic rings. The van der Waals surface area contributed by atoms with Gasteiger partial charge in [0.05, 0.1) is 0 Å². The number of aromatic nitrogens is 2. The molecule has 1 aromatic carbocycles. The van der Waals surface area contributed by atoms with E-state index in [1.54, 1.807) is 0 Å². The molecule has 112 valence electrons. The number of hydrogen-bond acceptors (Lipinski definition) is 4. The van der Waals surface area contributed by atoms with E-state index >= 15 is 0 Å². The van der Waals surface area contributed by atoms with Crippen LogP contribution in [0.25, 0.3) is 0 Å². The van der Waals surface area contributed by atoms with Crippen LogP contribution >= 0.6 is 11.6 Å². The summed E-state index contributed by atoms with van der Waals surface area (Å²) in [6, 6.07) is 9.71. The predicted molar refractivity (Wildman–Crippen MR) is 88.9 cm³/mol. The van der Waals surface area contributed by atoms with Crippen LogP contribution in [0.2, 0.25) is 5.02 Å². The van der Waals surface area contributed by atoms with Crippen LogP contribution in [-0.4, -0.2) is 16.5 Å². The van der Waals surface area contributed by atoms with Crippen molar-refractivity contribution in [2.75, 3.05) is 17.2 Å². The molecule has 0 saturated heterocycles. The summed E-state index contributed by atoms with van der Waals surface area (Å²) in [6.07, 6.45) is 2.30. The average molecular weight is 305 g/mol. The molecule has 1 aromatic heterocycles. The number of nitrogens with one attached hydrogen (secondary N) is 2. The molecule has 0 aliphatic carbocycles. The maximum absolute atomic E-state index is 5.88. The first-order valence-electron chi connectivity index (χ1n) is 7.25. The molecule has 2 N–H and O–H groups in total. The summed E-state index contributed by atoms with van der Waals surface area (Å²) in [7, 11) is 0. The zero-order valence-electron chi connectivity index (χ0n) is 12.5. The molecule has 4 nitrogen and oxygen atoms in total. The SMILES string of the molecule is CCCCNc1cc(C)nc(NCc2ccc(Cl)cc2)n1. The molecule has 2 aromatic rings. The maximum atomic E-state index is 5.88. The van der Waals surface area contributed by atoms with Gasteiger partial charge in [-0.3, -0.25) is 0 Å². The largest absolute Gasteiger partial charge is 0.370 e. The lowest BCUT2D eigenvalue weighted by Gasteiger charge is -2.09. The van der Waals surface area contributed by atoms with Gasteiger partial charge in [-0.25, -0.2) is 4.98 Å². The van der Waals surface area contributed by atoms with Crippen molar-refractivity contribution in [3.63, 3.8) is 0 Å². The van der Waals surface area contributed by atoms with Crippen molar-refractivity contribution in [2.24, 2.45) is 0 Å². The molecule has 21 heavy (non-hydrogen) atoms. The fourth-order valence-corrected chi connectivity index (χ4v) is 2.04. The van der Waals surface area contributed by atoms with Crippen LogP contribution in [0.3, 0.4) is 0 Å². The zero-order valence-corrected chi connectivity index (χ0v) is 13.2. The first-order chi connectivity index (χ1) is 10.2. The van der Waals surface area contributed by atoms with E-state index in [4.69, 9.17) is 11.6 Å². The van der Waals surface area contributed by atoms with Gasteiger partial charge in [-0.05, 0) is 31.0 Å². The third-order valence-electron chi connectivity index (χ3n) is 3.05. The van der Waals surface area contributed by atoms with E-state index in [0.717, 1.165) is 35.1 Å². The predicted octanol–water partition coefficient (Wildman–Crippen LogP) is 4.26. The van der Waals surface area contributed by atoms with Gasteiger partial charge in [0, 0.05) is 29.9 Å². The lowest BCUT2D eigenvalue weighted by atomic mass is 10.2. The standard InChI is InChI=1S/C16H21ClN4/c1-3-4-9-18-15-10-12(2)20-16(21-15)19-11-13-5-7-14(17)8-6-13/h5-8,10H,3-4,9,11H2,1-2H3,(H2,18,19,20,21). The molecule has 0 unspecified atom stereocenters. The average Bonchev–Trinajstić information content (AvgIpc) is 2.46. The highest BCUT2D eigenvalue weighted by molar-refractivity contribution is 6.30. The highest BCUT2D eigenvalue weighted by atomic mass is 35.5. The summed E-state index contributed by atoms with van der Waals surface area (Å²) >= 11 is 5.88. The van der Waals surface area contributed by atoms with Gasteiger partial charge in [0.25, 0.3) is 0 Å². The van der Waals surface area contributed by atoms with Crippen LogP contribution in [0.4, 0.5) is 11.8 Å². The maximum Gasteiger partial charge on any atom is 0.225 e. The molecular formula is C16H21ClN4. The van der Waals surface area contributed by atoms with Gasteiger partial charge in [0.1, 0.15) is 5.82 Å². The van der Waals surface area contributed by atoms with Crippen molar-refractivity contribution in [2.45, 2.75) is 33.2 Å². The van der Waals surface area contributed by atoms with Crippen LogP contribution in [0, 0.1) is 6.92 Å². The molecule has 0 bridgehead atoms. The van der Waals surface area contributed by atoms with Gasteiger partial charge in [-0.2, -0.15) is 4.98 Å². The molecule has 0 aliphatic heterocycles. The summed E-state index contributed by atoms with van der Waals surface area (Å²) in [5, 5.41) is 7.31. The van der Waals surface area contributed by atoms with Gasteiger partial charge in [-0.1, -0.05) is 37.1 Å². The number of benzene rings is 1. The summed E-state index contributed by atoms with van der Waals surface area (Å²) < 4.78 is 0. The number of anilines is 2. The van der Waals surface area contributed by atoms with Crippen molar-refractivity contribution in [3.05, 3.63) is 46.6 Å². The van der Waals surface area contributed by atoms with E-state index in [1.165, 1.54) is 6.42 Å². The molecule has 5 heteroatoms. The Hall–Kier alpha value is -1.81. The minimum atomic E-state index is 0.643. The first-order valence-corrected chi connectivity index (χ1v) is 7.63. The third-order valence-corrected chi connectivity index (χ3v) is 3.31. The monoisotopic (exact) mass is 304 g/mol. The number of unbranched alkanes of at least 4 members (excludes halogenated alkanes) is 1. The van der Waals surface area contributed by atoms with Crippen LogP contribution in [0.5, 0.6) is 0 Å². The minimum absolute atomic E-state index is 0.643. The number of halogens is 1. The normalized spacial score (nSPS) is 10.4. The second-order valence-corrected chi connectivity index (χ2v) is 5.41. The first kappa shape index (κ1) is 15.6. The topological polar surface area (TPSA) is 49.8 Å². The second-order valence-electron chi connectivity index (χ2n) is 4.98. The summed E-state index contributed by atoms with van der Waals surface area (Å²) in [6.45, 7) is 5.75. The number of hydrogen-bond donors (Lipinski definition) is 2. The lowest BCUT2D eigenvalue weighted by molar-refractivity contribution is 0.829. The molecular weight excluding hydrogens is 284 g/mol. The van der Waals surface area contributed by atoms with Crippen LogP contribution in [-0.2, 0) is 6.54 Å². The molecule has 0 fully saturated rings. The fourth-order valence-electron chi connectivity index (χ4n) is 1.91. The van der Waals surface area contributed by atoms with Crippen LogP contribution in [0.15, 0.2) is 30.3 Å². The quantitative estimate of drug-likeness (QED) is 0.750. The number of nitrogens with zero attached hydrogens (tertiary/aromatic N) is 2. The molecule has 0 atom stereocenters. The van der Waals surface area contributed by atoms with E-state index < -0.39 is 0 Å². The molecule has 1 heterocycles. The van der Waals surface area contributed by atoms with Gasteiger partial charge in [0.15, 0.2) is 0 Å². The van der Waals surface area contributed by atoms with E-state index in [-0.39, 0.29) is 0 Å². The molecule has 0 spiro atoms. The Morgan fingerprint density at radius 1 is 1.10 bits per heavy atom. The van der Waals surface area contributed by atoms with Crippen LogP contribution in [0.1, 0.15) is 31.0 Å². The zero-order chi connectivity index (χ0) is 15.1. The van der Waals surface area contributed by atoms with E-state index in [9.17, 15) is 0 Å². The van der Waals surface area contributed by atoms with Crippen molar-refractivity contribution in [1.29, 1.82) is 0 Å². The Morgan fingerprint density at radius 2 is 1.86 bits per heavy atom. The molecule has 0 radical (unpaired) electrons. The summed E-state index contributed by atoms with van der Waals surface area (Å²) in [5.74, 6) is 1.51. The van der Waals surface area contributed by atoms with Gasteiger partial charge in [-0.15, -0.1) is 0 Å². The summed E-state index contributed by atoms with van der Waals surface area (Å²) in [5.41, 5.74) is 2.09.